The first kappa shape index (κ1) is 20.2. The van der Waals surface area contributed by atoms with Gasteiger partial charge in [0.25, 0.3) is 5.56 Å². The molecule has 156 valence electrons. The summed E-state index contributed by atoms with van der Waals surface area (Å²) in [7, 11) is 0. The Morgan fingerprint density at radius 3 is 2.93 bits per heavy atom. The summed E-state index contributed by atoms with van der Waals surface area (Å²) in [4.78, 5) is 39.0. The van der Waals surface area contributed by atoms with Crippen LogP contribution in [0.1, 0.15) is 41.1 Å². The molecule has 0 saturated carbocycles. The summed E-state index contributed by atoms with van der Waals surface area (Å²) in [6.45, 7) is 3.89. The van der Waals surface area contributed by atoms with Crippen LogP contribution in [0, 0.1) is 5.92 Å². The Hall–Kier alpha value is -3.07. The summed E-state index contributed by atoms with van der Waals surface area (Å²) in [5.74, 6) is -0.345. The summed E-state index contributed by atoms with van der Waals surface area (Å²) in [5, 5.41) is 11.5. The molecule has 1 amide bonds. The molecule has 9 heteroatoms. The lowest BCUT2D eigenvalue weighted by Crippen LogP contribution is -2.30. The average molecular weight is 426 g/mol. The molecule has 4 rings (SSSR count). The monoisotopic (exact) mass is 426 g/mol. The topological polar surface area (TPSA) is 103 Å². The number of thiophene rings is 1. The Morgan fingerprint density at radius 2 is 2.13 bits per heavy atom. The van der Waals surface area contributed by atoms with Gasteiger partial charge in [0.15, 0.2) is 0 Å². The number of hydrogen-bond acceptors (Lipinski definition) is 7. The highest BCUT2D eigenvalue weighted by atomic mass is 32.1. The summed E-state index contributed by atoms with van der Waals surface area (Å²) in [5.41, 5.74) is 1.49. The molecule has 1 N–H and O–H groups in total. The number of hydrogen-bond donors (Lipinski definition) is 1. The quantitative estimate of drug-likeness (QED) is 0.629. The van der Waals surface area contributed by atoms with Crippen molar-refractivity contribution in [3.8, 4) is 0 Å². The first-order valence-electron chi connectivity index (χ1n) is 9.92. The summed E-state index contributed by atoms with van der Waals surface area (Å²) in [6, 6.07) is 6.84. The van der Waals surface area contributed by atoms with E-state index >= 15 is 0 Å². The van der Waals surface area contributed by atoms with Crippen molar-refractivity contribution >= 4 is 39.1 Å². The minimum atomic E-state index is -0.445. The molecule has 0 aliphatic heterocycles. The second kappa shape index (κ2) is 8.35. The molecule has 8 nitrogen and oxygen atoms in total. The van der Waals surface area contributed by atoms with Crippen LogP contribution < -0.4 is 10.9 Å². The Labute approximate surface area is 176 Å². The van der Waals surface area contributed by atoms with Crippen LogP contribution in [0.25, 0.3) is 10.9 Å². The summed E-state index contributed by atoms with van der Waals surface area (Å²) in [6.07, 6.45) is 2.65. The van der Waals surface area contributed by atoms with Gasteiger partial charge in [-0.15, -0.1) is 16.4 Å². The summed E-state index contributed by atoms with van der Waals surface area (Å²) >= 11 is 1.41. The molecule has 2 aromatic heterocycles. The van der Waals surface area contributed by atoms with Gasteiger partial charge in [0.1, 0.15) is 17.1 Å². The number of esters is 1. The van der Waals surface area contributed by atoms with Crippen LogP contribution in [0.4, 0.5) is 5.00 Å². The highest BCUT2D eigenvalue weighted by Gasteiger charge is 2.29. The lowest BCUT2D eigenvalue weighted by Gasteiger charge is -2.18. The number of ether oxygens (including phenoxy) is 1. The number of benzene rings is 1. The Kier molecular flexibility index (Phi) is 5.63. The third-order valence-corrected chi connectivity index (χ3v) is 6.34. The van der Waals surface area contributed by atoms with Gasteiger partial charge in [-0.2, -0.15) is 0 Å². The smallest absolute Gasteiger partial charge is 0.341 e. The van der Waals surface area contributed by atoms with Crippen molar-refractivity contribution in [3.05, 3.63) is 50.6 Å². The van der Waals surface area contributed by atoms with Gasteiger partial charge >= 0.3 is 5.97 Å². The van der Waals surface area contributed by atoms with Crippen molar-refractivity contribution in [1.82, 2.24) is 15.0 Å². The van der Waals surface area contributed by atoms with Crippen molar-refractivity contribution in [2.24, 2.45) is 5.92 Å². The minimum absolute atomic E-state index is 0.259. The van der Waals surface area contributed by atoms with Gasteiger partial charge in [0.2, 0.25) is 5.91 Å². The van der Waals surface area contributed by atoms with Crippen LogP contribution in [0.15, 0.2) is 29.1 Å². The first-order valence-corrected chi connectivity index (χ1v) is 10.7. The first-order chi connectivity index (χ1) is 14.5. The molecule has 0 spiro atoms. The van der Waals surface area contributed by atoms with E-state index in [0.717, 1.165) is 34.4 Å². The van der Waals surface area contributed by atoms with Crippen LogP contribution in [-0.2, 0) is 28.9 Å². The number of nitrogens with one attached hydrogen (secondary N) is 1. The number of carbonyl (C=O) groups is 2. The zero-order valence-electron chi connectivity index (χ0n) is 16.8. The molecule has 2 heterocycles. The molecular formula is C21H22N4O4S. The van der Waals surface area contributed by atoms with Crippen molar-refractivity contribution < 1.29 is 14.3 Å². The molecule has 0 radical (unpaired) electrons. The molecule has 0 saturated heterocycles. The van der Waals surface area contributed by atoms with Crippen LogP contribution in [0.2, 0.25) is 0 Å². The van der Waals surface area contributed by atoms with Gasteiger partial charge < -0.3 is 10.1 Å². The second-order valence-corrected chi connectivity index (χ2v) is 8.50. The van der Waals surface area contributed by atoms with E-state index in [1.54, 1.807) is 31.2 Å². The SMILES string of the molecule is CCOC(=O)c1c(NC(=O)Cn2nnc3ccccc3c2=O)sc2c1CCC(C)C2. The molecule has 0 fully saturated rings. The van der Waals surface area contributed by atoms with E-state index in [0.29, 0.717) is 27.4 Å². The molecule has 30 heavy (non-hydrogen) atoms. The van der Waals surface area contributed by atoms with E-state index < -0.39 is 11.9 Å². The van der Waals surface area contributed by atoms with Crippen molar-refractivity contribution in [1.29, 1.82) is 0 Å². The molecule has 1 atom stereocenters. The van der Waals surface area contributed by atoms with Crippen LogP contribution in [0.5, 0.6) is 0 Å². The predicted octanol–water partition coefficient (Wildman–Crippen LogP) is 2.79. The van der Waals surface area contributed by atoms with Crippen LogP contribution in [0.3, 0.4) is 0 Å². The Bertz CT molecular complexity index is 1180. The number of amides is 1. The average Bonchev–Trinajstić information content (AvgIpc) is 3.07. The molecule has 0 bridgehead atoms. The maximum atomic E-state index is 12.7. The van der Waals surface area contributed by atoms with E-state index in [4.69, 9.17) is 4.74 Å². The van der Waals surface area contributed by atoms with E-state index in [1.807, 2.05) is 0 Å². The molecule has 1 aromatic carbocycles. The number of fused-ring (bicyclic) bond motifs is 2. The fourth-order valence-electron chi connectivity index (χ4n) is 3.69. The third-order valence-electron chi connectivity index (χ3n) is 5.17. The molecule has 3 aromatic rings. The highest BCUT2D eigenvalue weighted by molar-refractivity contribution is 7.17. The Balaban J connectivity index is 1.61. The third kappa shape index (κ3) is 3.85. The number of carbonyl (C=O) groups excluding carboxylic acids is 2. The molecular weight excluding hydrogens is 404 g/mol. The lowest BCUT2D eigenvalue weighted by molar-refractivity contribution is -0.117. The normalized spacial score (nSPS) is 15.6. The van der Waals surface area contributed by atoms with E-state index in [-0.39, 0.29) is 18.7 Å². The van der Waals surface area contributed by atoms with Gasteiger partial charge in [0, 0.05) is 4.88 Å². The van der Waals surface area contributed by atoms with Gasteiger partial charge in [-0.25, -0.2) is 9.48 Å². The lowest BCUT2D eigenvalue weighted by atomic mass is 9.88. The molecule has 1 aliphatic carbocycles. The fraction of sp³-hybridized carbons (Fsp3) is 0.381. The van der Waals surface area contributed by atoms with Crippen LogP contribution >= 0.6 is 11.3 Å². The van der Waals surface area contributed by atoms with Gasteiger partial charge in [-0.3, -0.25) is 9.59 Å². The van der Waals surface area contributed by atoms with E-state index in [1.165, 1.54) is 11.3 Å². The van der Waals surface area contributed by atoms with Gasteiger partial charge in [-0.05, 0) is 49.8 Å². The van der Waals surface area contributed by atoms with Crippen LogP contribution in [-0.4, -0.2) is 33.5 Å². The summed E-state index contributed by atoms with van der Waals surface area (Å²) < 4.78 is 6.25. The van der Waals surface area contributed by atoms with Crippen molar-refractivity contribution in [2.75, 3.05) is 11.9 Å². The zero-order chi connectivity index (χ0) is 21.3. The second-order valence-electron chi connectivity index (χ2n) is 7.39. The largest absolute Gasteiger partial charge is 0.462 e. The molecule has 1 aliphatic rings. The number of nitrogens with zero attached hydrogens (tertiary/aromatic N) is 3. The molecule has 1 unspecified atom stereocenters. The zero-order valence-corrected chi connectivity index (χ0v) is 17.6. The maximum Gasteiger partial charge on any atom is 0.341 e. The predicted molar refractivity (Wildman–Crippen MR) is 114 cm³/mol. The fourth-order valence-corrected chi connectivity index (χ4v) is 5.10. The van der Waals surface area contributed by atoms with Gasteiger partial charge in [-0.1, -0.05) is 24.3 Å². The van der Waals surface area contributed by atoms with Crippen molar-refractivity contribution in [3.63, 3.8) is 0 Å². The van der Waals surface area contributed by atoms with E-state index in [9.17, 15) is 14.4 Å². The number of rotatable bonds is 5. The van der Waals surface area contributed by atoms with Crippen molar-refractivity contribution in [2.45, 2.75) is 39.7 Å². The van der Waals surface area contributed by atoms with Gasteiger partial charge in [0.05, 0.1) is 17.6 Å². The van der Waals surface area contributed by atoms with E-state index in [2.05, 4.69) is 22.6 Å². The minimum Gasteiger partial charge on any atom is -0.462 e. The standard InChI is InChI=1S/C21H22N4O4S/c1-3-29-21(28)18-14-9-8-12(2)10-16(14)30-19(18)22-17(26)11-25-20(27)13-6-4-5-7-15(13)23-24-25/h4-7,12H,3,8-11H2,1-2H3,(H,22,26). The number of aromatic nitrogens is 3. The Morgan fingerprint density at radius 1 is 1.33 bits per heavy atom. The highest BCUT2D eigenvalue weighted by Crippen LogP contribution is 2.40. The number of anilines is 1. The maximum absolute atomic E-state index is 12.7.